The zero-order chi connectivity index (χ0) is 22.7. The second kappa shape index (κ2) is 10.1. The Kier molecular flexibility index (Phi) is 7.18. The van der Waals surface area contributed by atoms with Crippen LogP contribution in [0.3, 0.4) is 0 Å². The number of nitrogens with one attached hydrogen (secondary N) is 1. The molecule has 0 bridgehead atoms. The predicted octanol–water partition coefficient (Wildman–Crippen LogP) is 4.66. The molecule has 168 valence electrons. The molecule has 32 heavy (non-hydrogen) atoms. The van der Waals surface area contributed by atoms with Crippen molar-refractivity contribution in [3.05, 3.63) is 69.0 Å². The van der Waals surface area contributed by atoms with Crippen LogP contribution in [0.4, 0.5) is 0 Å². The van der Waals surface area contributed by atoms with E-state index in [1.807, 2.05) is 38.1 Å². The van der Waals surface area contributed by atoms with Gasteiger partial charge in [-0.25, -0.2) is 4.98 Å². The largest absolute Gasteiger partial charge is 0.376 e. The molecule has 1 saturated heterocycles. The molecule has 0 saturated carbocycles. The Balaban J connectivity index is 1.71. The number of hydrogen-bond donors (Lipinski definition) is 1. The Labute approximate surface area is 196 Å². The van der Waals surface area contributed by atoms with E-state index in [9.17, 15) is 9.59 Å². The topological polar surface area (TPSA) is 73.2 Å². The van der Waals surface area contributed by atoms with E-state index < -0.39 is 0 Å². The van der Waals surface area contributed by atoms with Crippen LogP contribution in [0.1, 0.15) is 42.6 Å². The molecule has 1 aromatic heterocycles. The fraction of sp³-hybridized carbons (Fsp3) is 0.375. The van der Waals surface area contributed by atoms with E-state index in [2.05, 4.69) is 5.32 Å². The van der Waals surface area contributed by atoms with Crippen LogP contribution in [-0.2, 0) is 17.0 Å². The molecule has 1 N–H and O–H groups in total. The summed E-state index contributed by atoms with van der Waals surface area (Å²) >= 11 is 7.49. The highest BCUT2D eigenvalue weighted by molar-refractivity contribution is 7.98. The lowest BCUT2D eigenvalue weighted by atomic mass is 10.1. The van der Waals surface area contributed by atoms with Gasteiger partial charge in [-0.2, -0.15) is 0 Å². The Hall–Kier alpha value is -2.35. The van der Waals surface area contributed by atoms with Crippen molar-refractivity contribution in [2.45, 2.75) is 56.3 Å². The number of thioether (sulfide) groups is 1. The van der Waals surface area contributed by atoms with Crippen LogP contribution in [0.2, 0.25) is 5.02 Å². The number of benzene rings is 2. The molecule has 1 atom stereocenters. The van der Waals surface area contributed by atoms with Gasteiger partial charge in [0.05, 0.1) is 23.6 Å². The zero-order valence-corrected chi connectivity index (χ0v) is 19.7. The first-order chi connectivity index (χ1) is 15.4. The molecule has 1 aliphatic rings. The van der Waals surface area contributed by atoms with E-state index in [-0.39, 0.29) is 23.6 Å². The van der Waals surface area contributed by atoms with E-state index in [4.69, 9.17) is 21.3 Å². The van der Waals surface area contributed by atoms with Crippen LogP contribution in [0, 0.1) is 0 Å². The van der Waals surface area contributed by atoms with Gasteiger partial charge in [0.15, 0.2) is 5.16 Å². The summed E-state index contributed by atoms with van der Waals surface area (Å²) in [4.78, 5) is 30.6. The van der Waals surface area contributed by atoms with Gasteiger partial charge in [-0.1, -0.05) is 35.5 Å². The molecule has 4 rings (SSSR count). The van der Waals surface area contributed by atoms with Gasteiger partial charge in [-0.15, -0.1) is 0 Å². The maximum atomic E-state index is 13.4. The molecular weight excluding hydrogens is 446 g/mol. The van der Waals surface area contributed by atoms with Crippen molar-refractivity contribution < 1.29 is 9.53 Å². The highest BCUT2D eigenvalue weighted by atomic mass is 35.5. The summed E-state index contributed by atoms with van der Waals surface area (Å²) in [7, 11) is 0. The Morgan fingerprint density at radius 2 is 2.06 bits per heavy atom. The molecule has 1 amide bonds. The highest BCUT2D eigenvalue weighted by Crippen LogP contribution is 2.25. The molecule has 6 nitrogen and oxygen atoms in total. The van der Waals surface area contributed by atoms with Crippen LogP contribution in [-0.4, -0.2) is 34.2 Å². The average Bonchev–Trinajstić information content (AvgIpc) is 3.28. The van der Waals surface area contributed by atoms with Crippen molar-refractivity contribution in [1.82, 2.24) is 14.9 Å². The van der Waals surface area contributed by atoms with E-state index in [0.29, 0.717) is 38.9 Å². The molecule has 2 heterocycles. The van der Waals surface area contributed by atoms with E-state index in [0.717, 1.165) is 25.0 Å². The third-order valence-electron chi connectivity index (χ3n) is 5.29. The van der Waals surface area contributed by atoms with Gasteiger partial charge in [0.25, 0.3) is 11.5 Å². The zero-order valence-electron chi connectivity index (χ0n) is 18.1. The van der Waals surface area contributed by atoms with Gasteiger partial charge in [-0.05, 0) is 62.6 Å². The van der Waals surface area contributed by atoms with Gasteiger partial charge in [-0.3, -0.25) is 14.2 Å². The lowest BCUT2D eigenvalue weighted by Gasteiger charge is -2.17. The number of hydrogen-bond acceptors (Lipinski definition) is 5. The first kappa shape index (κ1) is 22.8. The van der Waals surface area contributed by atoms with Gasteiger partial charge in [0.2, 0.25) is 0 Å². The minimum Gasteiger partial charge on any atom is -0.376 e. The molecule has 1 unspecified atom stereocenters. The quantitative estimate of drug-likeness (QED) is 0.400. The number of nitrogens with zero attached hydrogens (tertiary/aromatic N) is 2. The summed E-state index contributed by atoms with van der Waals surface area (Å²) < 4.78 is 7.49. The third-order valence-corrected chi connectivity index (χ3v) is 6.59. The molecular formula is C24H26ClN3O3S. The maximum Gasteiger partial charge on any atom is 0.262 e. The lowest BCUT2D eigenvalue weighted by Crippen LogP contribution is -2.31. The van der Waals surface area contributed by atoms with Crippen molar-refractivity contribution in [2.75, 3.05) is 6.61 Å². The average molecular weight is 472 g/mol. The number of fused-ring (bicyclic) bond motifs is 1. The Bertz CT molecular complexity index is 1170. The summed E-state index contributed by atoms with van der Waals surface area (Å²) in [5.74, 6) is 0.469. The van der Waals surface area contributed by atoms with Crippen molar-refractivity contribution in [3.63, 3.8) is 0 Å². The summed E-state index contributed by atoms with van der Waals surface area (Å²) in [6.45, 7) is 5.02. The molecule has 3 aromatic rings. The Morgan fingerprint density at radius 3 is 2.75 bits per heavy atom. The smallest absolute Gasteiger partial charge is 0.262 e. The molecule has 2 aromatic carbocycles. The van der Waals surface area contributed by atoms with Crippen LogP contribution in [0.5, 0.6) is 0 Å². The van der Waals surface area contributed by atoms with Crippen molar-refractivity contribution in [1.29, 1.82) is 0 Å². The van der Waals surface area contributed by atoms with E-state index >= 15 is 0 Å². The molecule has 1 fully saturated rings. The maximum absolute atomic E-state index is 13.4. The number of carbonyl (C=O) groups excluding carboxylic acids is 1. The standard InChI is InChI=1S/C24H26ClN3O3S/c1-15(2)26-22(29)17-7-10-20-21(12-17)27-24(32-14-16-5-8-18(25)9-6-16)28(23(20)30)13-19-4-3-11-31-19/h5-10,12,15,19H,3-4,11,13-14H2,1-2H3,(H,26,29). The summed E-state index contributed by atoms with van der Waals surface area (Å²) in [6.07, 6.45) is 1.94. The van der Waals surface area contributed by atoms with Crippen LogP contribution >= 0.6 is 23.4 Å². The number of aromatic nitrogens is 2. The molecule has 8 heteroatoms. The fourth-order valence-electron chi connectivity index (χ4n) is 3.68. The summed E-state index contributed by atoms with van der Waals surface area (Å²) in [5.41, 5.74) is 1.99. The molecule has 0 aliphatic carbocycles. The molecule has 0 spiro atoms. The van der Waals surface area contributed by atoms with Crippen molar-refractivity contribution >= 4 is 40.2 Å². The first-order valence-corrected chi connectivity index (χ1v) is 12.1. The lowest BCUT2D eigenvalue weighted by molar-refractivity contribution is 0.0937. The monoisotopic (exact) mass is 471 g/mol. The number of halogens is 1. The number of amides is 1. The minimum absolute atomic E-state index is 0.0120. The third kappa shape index (κ3) is 5.34. The first-order valence-electron chi connectivity index (χ1n) is 10.7. The van der Waals surface area contributed by atoms with Crippen LogP contribution in [0.25, 0.3) is 10.9 Å². The van der Waals surface area contributed by atoms with Gasteiger partial charge < -0.3 is 10.1 Å². The van der Waals surface area contributed by atoms with Crippen LogP contribution < -0.4 is 10.9 Å². The normalized spacial score (nSPS) is 16.1. The molecule has 1 aliphatic heterocycles. The Morgan fingerprint density at radius 1 is 1.28 bits per heavy atom. The van der Waals surface area contributed by atoms with Crippen molar-refractivity contribution in [3.8, 4) is 0 Å². The van der Waals surface area contributed by atoms with Crippen LogP contribution in [0.15, 0.2) is 52.4 Å². The van der Waals surface area contributed by atoms with Gasteiger partial charge in [0, 0.05) is 29.0 Å². The second-order valence-electron chi connectivity index (χ2n) is 8.22. The molecule has 0 radical (unpaired) electrons. The SMILES string of the molecule is CC(C)NC(=O)c1ccc2c(=O)n(CC3CCCO3)c(SCc3ccc(Cl)cc3)nc2c1. The second-order valence-corrected chi connectivity index (χ2v) is 9.60. The predicted molar refractivity (Wildman–Crippen MR) is 129 cm³/mol. The number of rotatable bonds is 7. The highest BCUT2D eigenvalue weighted by Gasteiger charge is 2.21. The summed E-state index contributed by atoms with van der Waals surface area (Å²) in [6, 6.07) is 12.7. The van der Waals surface area contributed by atoms with E-state index in [1.54, 1.807) is 22.8 Å². The fourth-order valence-corrected chi connectivity index (χ4v) is 4.77. The summed E-state index contributed by atoms with van der Waals surface area (Å²) in [5, 5.41) is 4.69. The number of ether oxygens (including phenoxy) is 1. The number of carbonyl (C=O) groups is 1. The minimum atomic E-state index is -0.178. The van der Waals surface area contributed by atoms with Gasteiger partial charge >= 0.3 is 0 Å². The van der Waals surface area contributed by atoms with Gasteiger partial charge in [0.1, 0.15) is 0 Å². The van der Waals surface area contributed by atoms with Crippen molar-refractivity contribution in [2.24, 2.45) is 0 Å². The van der Waals surface area contributed by atoms with E-state index in [1.165, 1.54) is 11.8 Å².